The quantitative estimate of drug-likeness (QED) is 0.167. The van der Waals surface area contributed by atoms with Crippen LogP contribution in [0.3, 0.4) is 0 Å². The van der Waals surface area contributed by atoms with Gasteiger partial charge in [-0.1, -0.05) is 109 Å². The van der Waals surface area contributed by atoms with Gasteiger partial charge >= 0.3 is 29.6 Å². The molecule has 4 aromatic carbocycles. The molecule has 0 saturated heterocycles. The molecule has 0 saturated carbocycles. The van der Waals surface area contributed by atoms with Gasteiger partial charge in [-0.25, -0.2) is 0 Å². The summed E-state index contributed by atoms with van der Waals surface area (Å²) < 4.78 is 1.08. The first-order chi connectivity index (χ1) is 21.2. The first-order valence-electron chi connectivity index (χ1n) is 14.2. The number of nitrogens with zero attached hydrogens (tertiary/aromatic N) is 2. The van der Waals surface area contributed by atoms with Crippen LogP contribution in [0, 0.1) is 0 Å². The molecule has 0 fully saturated rings. The first-order valence-corrected chi connectivity index (χ1v) is 15.0. The van der Waals surface area contributed by atoms with Gasteiger partial charge in [-0.15, -0.1) is 5.60 Å². The fourth-order valence-electron chi connectivity index (χ4n) is 3.61. The maximum absolute atomic E-state index is 10.1. The van der Waals surface area contributed by atoms with Crippen LogP contribution in [-0.2, 0) is 0 Å². The zero-order valence-corrected chi connectivity index (χ0v) is 29.9. The smallest absolute Gasteiger partial charge is 0.850 e. The standard InChI is InChI=1S/C17H14N2.C11H8BrN.C6H7N.C4H9O.Na/c1-2-8-15(9-3-1)19-16-10-6-7-14(13-16)17-11-4-5-12-18-17;12-10-5-3-4-9(8-10)11-6-1-2-7-13-11;7-6-4-2-1-3-5-6;1-4(2,3)5;/h1-13,19H;1-8H;1-5H,7H2;1-3H3;/q;;;-1;+1. The summed E-state index contributed by atoms with van der Waals surface area (Å²) in [4.78, 5) is 8.64. The van der Waals surface area contributed by atoms with E-state index in [2.05, 4.69) is 55.5 Å². The van der Waals surface area contributed by atoms with Gasteiger partial charge in [-0.05, 0) is 72.8 Å². The van der Waals surface area contributed by atoms with E-state index in [9.17, 15) is 5.11 Å². The Bertz CT molecular complexity index is 1630. The molecule has 7 heteroatoms. The number of halogens is 1. The fraction of sp³-hybridized carbons (Fsp3) is 0.105. The molecule has 6 aromatic rings. The van der Waals surface area contributed by atoms with Crippen LogP contribution >= 0.6 is 15.9 Å². The number of anilines is 3. The molecule has 224 valence electrons. The third-order valence-corrected chi connectivity index (χ3v) is 5.96. The molecule has 2 aromatic heterocycles. The minimum atomic E-state index is -0.750. The summed E-state index contributed by atoms with van der Waals surface area (Å²) in [5, 5.41) is 13.5. The minimum absolute atomic E-state index is 0. The van der Waals surface area contributed by atoms with E-state index >= 15 is 0 Å². The Morgan fingerprint density at radius 1 is 0.578 bits per heavy atom. The van der Waals surface area contributed by atoms with Crippen LogP contribution in [0.1, 0.15) is 20.8 Å². The monoisotopic (exact) mass is 668 g/mol. The molecular weight excluding hydrogens is 631 g/mol. The van der Waals surface area contributed by atoms with Crippen molar-refractivity contribution in [2.45, 2.75) is 26.4 Å². The molecule has 3 N–H and O–H groups in total. The fourth-order valence-corrected chi connectivity index (χ4v) is 4.01. The summed E-state index contributed by atoms with van der Waals surface area (Å²) in [5.41, 5.74) is 11.8. The van der Waals surface area contributed by atoms with Crippen molar-refractivity contribution in [1.82, 2.24) is 9.97 Å². The van der Waals surface area contributed by atoms with Crippen molar-refractivity contribution >= 4 is 33.0 Å². The summed E-state index contributed by atoms with van der Waals surface area (Å²) in [6.07, 6.45) is 3.61. The predicted molar refractivity (Wildman–Crippen MR) is 187 cm³/mol. The molecular formula is C38H38BrN4NaO. The Hall–Kier alpha value is -3.78. The Balaban J connectivity index is 0.000000235. The number of benzene rings is 4. The molecule has 0 bridgehead atoms. The number of hydrogen-bond donors (Lipinski definition) is 2. The van der Waals surface area contributed by atoms with Crippen molar-refractivity contribution in [2.24, 2.45) is 0 Å². The van der Waals surface area contributed by atoms with Gasteiger partial charge in [0.15, 0.2) is 0 Å². The first kappa shape index (κ1) is 37.4. The van der Waals surface area contributed by atoms with Gasteiger partial charge in [0, 0.05) is 45.1 Å². The van der Waals surface area contributed by atoms with Gasteiger partial charge in [0.2, 0.25) is 0 Å². The number of para-hydroxylation sites is 2. The van der Waals surface area contributed by atoms with E-state index in [4.69, 9.17) is 5.73 Å². The summed E-state index contributed by atoms with van der Waals surface area (Å²) in [5.74, 6) is 0. The van der Waals surface area contributed by atoms with Crippen LogP contribution in [0.2, 0.25) is 0 Å². The van der Waals surface area contributed by atoms with Crippen molar-refractivity contribution in [2.75, 3.05) is 11.1 Å². The van der Waals surface area contributed by atoms with Gasteiger partial charge in [-0.2, -0.15) is 0 Å². The van der Waals surface area contributed by atoms with E-state index in [1.54, 1.807) is 27.0 Å². The van der Waals surface area contributed by atoms with Crippen molar-refractivity contribution in [3.63, 3.8) is 0 Å². The Morgan fingerprint density at radius 2 is 1.02 bits per heavy atom. The van der Waals surface area contributed by atoms with Crippen LogP contribution in [0.5, 0.6) is 0 Å². The third-order valence-electron chi connectivity index (χ3n) is 5.47. The number of nitrogens with two attached hydrogens (primary N) is 1. The van der Waals surface area contributed by atoms with E-state index in [-0.39, 0.29) is 29.6 Å². The summed E-state index contributed by atoms with van der Waals surface area (Å²) in [7, 11) is 0. The van der Waals surface area contributed by atoms with E-state index < -0.39 is 5.60 Å². The maximum Gasteiger partial charge on any atom is 1.00 e. The molecule has 0 unspecified atom stereocenters. The van der Waals surface area contributed by atoms with Crippen molar-refractivity contribution in [3.05, 3.63) is 162 Å². The second-order valence-corrected chi connectivity index (χ2v) is 11.5. The number of nitrogens with one attached hydrogen (secondary N) is 1. The number of pyridine rings is 2. The minimum Gasteiger partial charge on any atom is -0.850 e. The molecule has 0 aliphatic rings. The molecule has 0 aliphatic carbocycles. The number of aromatic nitrogens is 2. The summed E-state index contributed by atoms with van der Waals surface area (Å²) in [6, 6.07) is 47.9. The van der Waals surface area contributed by atoms with Crippen molar-refractivity contribution in [1.29, 1.82) is 0 Å². The average Bonchev–Trinajstić information content (AvgIpc) is 3.03. The normalized spacial score (nSPS) is 9.80. The summed E-state index contributed by atoms with van der Waals surface area (Å²) in [6.45, 7) is 4.90. The summed E-state index contributed by atoms with van der Waals surface area (Å²) >= 11 is 3.43. The van der Waals surface area contributed by atoms with Gasteiger partial charge < -0.3 is 16.2 Å². The molecule has 0 aliphatic heterocycles. The van der Waals surface area contributed by atoms with Crippen LogP contribution in [-0.4, -0.2) is 15.6 Å². The number of hydrogen-bond acceptors (Lipinski definition) is 5. The van der Waals surface area contributed by atoms with Crippen molar-refractivity contribution in [3.8, 4) is 22.5 Å². The molecule has 5 nitrogen and oxygen atoms in total. The molecule has 0 radical (unpaired) electrons. The Kier molecular flexibility index (Phi) is 16.9. The van der Waals surface area contributed by atoms with Gasteiger partial charge in [-0.3, -0.25) is 9.97 Å². The van der Waals surface area contributed by atoms with Crippen LogP contribution in [0.4, 0.5) is 17.1 Å². The van der Waals surface area contributed by atoms with Crippen LogP contribution in [0.15, 0.2) is 162 Å². The van der Waals surface area contributed by atoms with Gasteiger partial charge in [0.05, 0.1) is 11.4 Å². The zero-order chi connectivity index (χ0) is 31.6. The largest absolute Gasteiger partial charge is 1.00 e. The Morgan fingerprint density at radius 3 is 1.47 bits per heavy atom. The molecule has 6 rings (SSSR count). The molecule has 45 heavy (non-hydrogen) atoms. The predicted octanol–water partition coefficient (Wildman–Crippen LogP) is 6.42. The van der Waals surface area contributed by atoms with E-state index in [1.165, 1.54) is 0 Å². The van der Waals surface area contributed by atoms with E-state index in [1.807, 2.05) is 128 Å². The second-order valence-electron chi connectivity index (χ2n) is 10.5. The van der Waals surface area contributed by atoms with Crippen LogP contribution in [0.25, 0.3) is 22.5 Å². The maximum atomic E-state index is 10.1. The molecule has 0 spiro atoms. The number of nitrogen functional groups attached to an aromatic ring is 1. The van der Waals surface area contributed by atoms with Crippen LogP contribution < -0.4 is 45.7 Å². The Labute approximate surface area is 298 Å². The molecule has 0 atom stereocenters. The molecule has 2 heterocycles. The SMILES string of the molecule is Brc1cccc(-c2ccccn2)c1.CC(C)(C)[O-].Nc1ccccc1.[Na+].c1ccc(Nc2cccc(-c3ccccn3)c2)cc1. The average molecular weight is 670 g/mol. The number of rotatable bonds is 4. The van der Waals surface area contributed by atoms with Gasteiger partial charge in [0.25, 0.3) is 0 Å². The second kappa shape index (κ2) is 20.3. The molecule has 0 amide bonds. The van der Waals surface area contributed by atoms with Crippen molar-refractivity contribution < 1.29 is 34.7 Å². The van der Waals surface area contributed by atoms with E-state index in [0.717, 1.165) is 44.0 Å². The topological polar surface area (TPSA) is 86.9 Å². The zero-order valence-electron chi connectivity index (χ0n) is 26.3. The van der Waals surface area contributed by atoms with Gasteiger partial charge in [0.1, 0.15) is 0 Å². The third kappa shape index (κ3) is 16.2. The van der Waals surface area contributed by atoms with E-state index in [0.29, 0.717) is 0 Å².